The van der Waals surface area contributed by atoms with Crippen LogP contribution in [0.15, 0.2) is 64.5 Å². The molecule has 3 aromatic carbocycles. The topological polar surface area (TPSA) is 137 Å². The van der Waals surface area contributed by atoms with Crippen molar-refractivity contribution >= 4 is 103 Å². The molecule has 10 nitrogen and oxygen atoms in total. The van der Waals surface area contributed by atoms with Crippen molar-refractivity contribution in [3.63, 3.8) is 0 Å². The number of unbranched alkanes of at least 4 members (excludes halogenated alkanes) is 10. The Morgan fingerprint density at radius 1 is 0.788 bits per heavy atom. The molecule has 1 fully saturated rings. The van der Waals surface area contributed by atoms with Crippen LogP contribution < -0.4 is 21.1 Å². The molecule has 0 aliphatic carbocycles. The molecule has 1 aliphatic rings. The fourth-order valence-corrected chi connectivity index (χ4v) is 8.56. The van der Waals surface area contributed by atoms with Gasteiger partial charge in [0, 0.05) is 29.7 Å². The van der Waals surface area contributed by atoms with Gasteiger partial charge in [-0.1, -0.05) is 124 Å². The molecule has 0 aromatic heterocycles. The zero-order valence-electron chi connectivity index (χ0n) is 29.1. The second-order valence-electron chi connectivity index (χ2n) is 12.6. The maximum Gasteiger partial charge on any atom is 0.272 e. The lowest BCUT2D eigenvalue weighted by molar-refractivity contribution is -0.117. The molecule has 0 saturated carbocycles. The number of hydrogen-bond acceptors (Lipinski definition) is 6. The number of nitrogens with zero attached hydrogens (tertiary/aromatic N) is 2. The number of benzene rings is 3. The van der Waals surface area contributed by atoms with Gasteiger partial charge in [0.15, 0.2) is 9.84 Å². The standard InChI is InChI=1S/C37H43Cl4N5O5S/c1-3-4-5-6-7-8-9-10-11-12-13-17-33(48)43-27-18-19-29(39)32(23-27)44-36-35(52(50,51)28-16-14-15-26(22-28)42-24(2)47)37(49)46(45-36)34-30(40)20-25(38)21-31(34)41/h14-16,18-23,35H,3-13,17H2,1-2H3,(H,42,47)(H,43,48)(H,44,45). The number of carbonyl (C=O) groups is 3. The highest BCUT2D eigenvalue weighted by Gasteiger charge is 2.49. The number of hydrogen-bond donors (Lipinski definition) is 3. The lowest BCUT2D eigenvalue weighted by Crippen LogP contribution is -2.37. The predicted molar refractivity (Wildman–Crippen MR) is 212 cm³/mol. The summed E-state index contributed by atoms with van der Waals surface area (Å²) in [5.74, 6) is -1.84. The van der Waals surface area contributed by atoms with Gasteiger partial charge >= 0.3 is 0 Å². The first-order valence-electron chi connectivity index (χ1n) is 17.4. The summed E-state index contributed by atoms with van der Waals surface area (Å²) in [7, 11) is -4.52. The van der Waals surface area contributed by atoms with E-state index in [0.29, 0.717) is 12.1 Å². The Labute approximate surface area is 325 Å². The molecule has 3 amide bonds. The number of anilines is 3. The van der Waals surface area contributed by atoms with Gasteiger partial charge in [-0.3, -0.25) is 19.8 Å². The van der Waals surface area contributed by atoms with Gasteiger partial charge in [-0.25, -0.2) is 18.4 Å². The summed E-state index contributed by atoms with van der Waals surface area (Å²) in [5, 5.41) is 4.68. The van der Waals surface area contributed by atoms with Gasteiger partial charge in [0.1, 0.15) is 11.5 Å². The lowest BCUT2D eigenvalue weighted by atomic mass is 10.1. The molecule has 4 rings (SSSR count). The first kappa shape index (κ1) is 41.4. The fourth-order valence-electron chi connectivity index (χ4n) is 5.81. The molecule has 1 saturated heterocycles. The number of nitrogens with one attached hydrogen (secondary N) is 3. The predicted octanol–water partition coefficient (Wildman–Crippen LogP) is 10.3. The summed E-state index contributed by atoms with van der Waals surface area (Å²) in [5.41, 5.74) is 3.42. The molecule has 0 bridgehead atoms. The average molecular weight is 812 g/mol. The summed E-state index contributed by atoms with van der Waals surface area (Å²) in [4.78, 5) is 42.7. The molecule has 15 heteroatoms. The third kappa shape index (κ3) is 11.3. The number of aliphatic imine (C=N–C) groups is 1. The zero-order valence-corrected chi connectivity index (χ0v) is 33.0. The molecule has 0 radical (unpaired) electrons. The molecule has 3 N–H and O–H groups in total. The van der Waals surface area contributed by atoms with E-state index in [0.717, 1.165) is 30.7 Å². The minimum atomic E-state index is -4.52. The van der Waals surface area contributed by atoms with Gasteiger partial charge in [-0.2, -0.15) is 0 Å². The SMILES string of the molecule is CCCCCCCCCCCCCC(=O)Nc1ccc(Cl)c(N=C2NN(c3c(Cl)cc(Cl)cc3Cl)C(=O)C2S(=O)(=O)c2cccc(NC(C)=O)c2)c1. The van der Waals surface area contributed by atoms with Crippen molar-refractivity contribution in [1.82, 2.24) is 5.43 Å². The minimum Gasteiger partial charge on any atom is -0.326 e. The van der Waals surface area contributed by atoms with Crippen LogP contribution in [0.25, 0.3) is 0 Å². The van der Waals surface area contributed by atoms with Crippen molar-refractivity contribution in [3.8, 4) is 0 Å². The monoisotopic (exact) mass is 809 g/mol. The van der Waals surface area contributed by atoms with Crippen molar-refractivity contribution < 1.29 is 22.8 Å². The van der Waals surface area contributed by atoms with E-state index >= 15 is 0 Å². The molecular formula is C37H43Cl4N5O5S. The van der Waals surface area contributed by atoms with Crippen LogP contribution in [0.3, 0.4) is 0 Å². The summed E-state index contributed by atoms with van der Waals surface area (Å²) < 4.78 is 28.3. The third-order valence-electron chi connectivity index (χ3n) is 8.40. The second-order valence-corrected chi connectivity index (χ2v) is 16.3. The normalized spacial score (nSPS) is 15.2. The van der Waals surface area contributed by atoms with E-state index in [9.17, 15) is 22.8 Å². The molecule has 1 atom stereocenters. The van der Waals surface area contributed by atoms with Crippen molar-refractivity contribution in [2.75, 3.05) is 15.6 Å². The third-order valence-corrected chi connectivity index (χ3v) is 11.5. The van der Waals surface area contributed by atoms with Crippen LogP contribution in [-0.2, 0) is 24.2 Å². The molecule has 0 spiro atoms. The van der Waals surface area contributed by atoms with Crippen LogP contribution in [0.2, 0.25) is 20.1 Å². The summed E-state index contributed by atoms with van der Waals surface area (Å²) in [6, 6.07) is 12.8. The van der Waals surface area contributed by atoms with Crippen LogP contribution in [0.5, 0.6) is 0 Å². The number of hydrazine groups is 1. The molecule has 280 valence electrons. The van der Waals surface area contributed by atoms with Crippen LogP contribution in [0.1, 0.15) is 90.9 Å². The van der Waals surface area contributed by atoms with E-state index in [1.165, 1.54) is 100 Å². The van der Waals surface area contributed by atoms with E-state index in [1.807, 2.05) is 0 Å². The summed E-state index contributed by atoms with van der Waals surface area (Å²) >= 11 is 25.5. The average Bonchev–Trinajstić information content (AvgIpc) is 3.39. The van der Waals surface area contributed by atoms with E-state index in [4.69, 9.17) is 46.4 Å². The molecule has 1 heterocycles. The van der Waals surface area contributed by atoms with Crippen LogP contribution in [0.4, 0.5) is 22.7 Å². The first-order chi connectivity index (χ1) is 24.8. The molecule has 1 unspecified atom stereocenters. The summed E-state index contributed by atoms with van der Waals surface area (Å²) in [6.45, 7) is 3.51. The lowest BCUT2D eigenvalue weighted by Gasteiger charge is -2.19. The van der Waals surface area contributed by atoms with Gasteiger partial charge in [0.2, 0.25) is 17.1 Å². The van der Waals surface area contributed by atoms with Crippen molar-refractivity contribution in [2.24, 2.45) is 4.99 Å². The van der Waals surface area contributed by atoms with Gasteiger partial charge in [0.05, 0.1) is 25.7 Å². The Bertz CT molecular complexity index is 1880. The maximum absolute atomic E-state index is 14.2. The van der Waals surface area contributed by atoms with Crippen LogP contribution >= 0.6 is 46.4 Å². The number of carbonyl (C=O) groups excluding carboxylic acids is 3. The second kappa shape index (κ2) is 19.6. The first-order valence-corrected chi connectivity index (χ1v) is 20.4. The number of amidine groups is 1. The minimum absolute atomic E-state index is 0.0241. The highest BCUT2D eigenvalue weighted by atomic mass is 35.5. The molecule has 3 aromatic rings. The highest BCUT2D eigenvalue weighted by Crippen LogP contribution is 2.39. The van der Waals surface area contributed by atoms with Gasteiger partial charge in [-0.05, 0) is 55.0 Å². The molecule has 1 aliphatic heterocycles. The maximum atomic E-state index is 14.2. The zero-order chi connectivity index (χ0) is 37.8. The van der Waals surface area contributed by atoms with Gasteiger partial charge in [0.25, 0.3) is 5.91 Å². The largest absolute Gasteiger partial charge is 0.326 e. The Hall–Kier alpha value is -3.35. The van der Waals surface area contributed by atoms with Gasteiger partial charge < -0.3 is 10.6 Å². The van der Waals surface area contributed by atoms with Gasteiger partial charge in [-0.15, -0.1) is 0 Å². The smallest absolute Gasteiger partial charge is 0.272 e. The van der Waals surface area contributed by atoms with Crippen LogP contribution in [-0.4, -0.2) is 37.2 Å². The number of rotatable bonds is 18. The van der Waals surface area contributed by atoms with E-state index in [1.54, 1.807) is 6.07 Å². The summed E-state index contributed by atoms with van der Waals surface area (Å²) in [6.07, 6.45) is 13.3. The number of halogens is 4. The Morgan fingerprint density at radius 2 is 1.38 bits per heavy atom. The van der Waals surface area contributed by atoms with Crippen molar-refractivity contribution in [3.05, 3.63) is 74.7 Å². The van der Waals surface area contributed by atoms with E-state index < -0.39 is 26.9 Å². The number of sulfone groups is 1. The van der Waals surface area contributed by atoms with Crippen molar-refractivity contribution in [1.29, 1.82) is 0 Å². The number of amides is 3. The highest BCUT2D eigenvalue weighted by molar-refractivity contribution is 7.93. The Kier molecular flexibility index (Phi) is 15.6. The van der Waals surface area contributed by atoms with E-state index in [-0.39, 0.29) is 53.8 Å². The van der Waals surface area contributed by atoms with Crippen LogP contribution in [0, 0.1) is 0 Å². The van der Waals surface area contributed by atoms with E-state index in [2.05, 4.69) is 28.0 Å². The Morgan fingerprint density at radius 3 is 2.00 bits per heavy atom. The fraction of sp³-hybridized carbons (Fsp3) is 0.405. The van der Waals surface area contributed by atoms with Crippen molar-refractivity contribution in [2.45, 2.75) is 101 Å². The molecule has 52 heavy (non-hydrogen) atoms. The molecular weight excluding hydrogens is 768 g/mol. The Balaban J connectivity index is 1.53. The quantitative estimate of drug-likeness (QED) is 0.109.